The number of carbonyl (C=O) groups is 5. The first-order valence-corrected chi connectivity index (χ1v) is 17.7. The first kappa shape index (κ1) is 32.9. The van der Waals surface area contributed by atoms with Crippen LogP contribution in [0.3, 0.4) is 0 Å². The number of hydrogen-bond donors (Lipinski definition) is 2. The molecular formula is C38H35ClN6O6. The summed E-state index contributed by atoms with van der Waals surface area (Å²) in [5, 5.41) is 14.7. The van der Waals surface area contributed by atoms with E-state index in [9.17, 15) is 24.0 Å². The van der Waals surface area contributed by atoms with Crippen LogP contribution in [0.2, 0.25) is 5.02 Å². The van der Waals surface area contributed by atoms with Crippen LogP contribution >= 0.6 is 11.6 Å². The average molecular weight is 707 g/mol. The number of carbonyl (C=O) groups excluding carboxylic acids is 5. The molecule has 1 saturated carbocycles. The molecule has 13 heteroatoms. The average Bonchev–Trinajstić information content (AvgIpc) is 3.64. The molecule has 0 aromatic heterocycles. The van der Waals surface area contributed by atoms with E-state index in [0.717, 1.165) is 47.6 Å². The second kappa shape index (κ2) is 13.1. The zero-order valence-electron chi connectivity index (χ0n) is 27.7. The molecule has 1 aliphatic carbocycles. The minimum atomic E-state index is -0.968. The molecule has 0 spiro atoms. The zero-order valence-corrected chi connectivity index (χ0v) is 28.4. The van der Waals surface area contributed by atoms with Crippen molar-refractivity contribution in [3.05, 3.63) is 93.0 Å². The Hall–Kier alpha value is -5.25. The van der Waals surface area contributed by atoms with Gasteiger partial charge in [-0.3, -0.25) is 39.1 Å². The molecule has 3 fully saturated rings. The van der Waals surface area contributed by atoms with Crippen molar-refractivity contribution in [2.24, 2.45) is 0 Å². The van der Waals surface area contributed by atoms with Crippen molar-refractivity contribution >= 4 is 46.8 Å². The molecule has 0 bridgehead atoms. The molecule has 1 unspecified atom stereocenters. The van der Waals surface area contributed by atoms with E-state index in [-0.39, 0.29) is 30.9 Å². The van der Waals surface area contributed by atoms with E-state index in [1.54, 1.807) is 18.2 Å². The van der Waals surface area contributed by atoms with E-state index >= 15 is 0 Å². The topological polar surface area (TPSA) is 152 Å². The maximum Gasteiger partial charge on any atom is 0.262 e. The van der Waals surface area contributed by atoms with Gasteiger partial charge in [0.25, 0.3) is 17.7 Å². The lowest BCUT2D eigenvalue weighted by atomic mass is 9.89. The van der Waals surface area contributed by atoms with Crippen LogP contribution in [0.4, 0.5) is 5.69 Å². The van der Waals surface area contributed by atoms with E-state index < -0.39 is 29.7 Å². The molecule has 4 heterocycles. The largest absolute Gasteiger partial charge is 0.490 e. The van der Waals surface area contributed by atoms with Gasteiger partial charge in [-0.1, -0.05) is 11.6 Å². The summed E-state index contributed by atoms with van der Waals surface area (Å²) in [5.74, 6) is -1.45. The van der Waals surface area contributed by atoms with Gasteiger partial charge in [0.1, 0.15) is 24.0 Å². The number of nitrogens with one attached hydrogen (secondary N) is 2. The fourth-order valence-corrected chi connectivity index (χ4v) is 8.08. The van der Waals surface area contributed by atoms with Gasteiger partial charge in [-0.05, 0) is 78.9 Å². The molecular weight excluding hydrogens is 672 g/mol. The molecule has 5 aliphatic rings. The van der Waals surface area contributed by atoms with Crippen molar-refractivity contribution < 1.29 is 28.7 Å². The summed E-state index contributed by atoms with van der Waals surface area (Å²) < 4.78 is 5.94. The number of piperidine rings is 2. The Balaban J connectivity index is 0.809. The summed E-state index contributed by atoms with van der Waals surface area (Å²) in [6.45, 7) is 3.11. The van der Waals surface area contributed by atoms with Crippen molar-refractivity contribution in [1.82, 2.24) is 20.4 Å². The summed E-state index contributed by atoms with van der Waals surface area (Å²) in [6.07, 6.45) is 3.51. The minimum Gasteiger partial charge on any atom is -0.490 e. The Morgan fingerprint density at radius 2 is 1.57 bits per heavy atom. The number of hydrogen-bond acceptors (Lipinski definition) is 9. The lowest BCUT2D eigenvalue weighted by Crippen LogP contribution is -2.54. The Kier molecular flexibility index (Phi) is 8.48. The number of amides is 5. The SMILES string of the molecule is N#Cc1ccc(OC2CC(NC(=O)c3ccc(N4CCC(N5Cc6cc7c(cc6C5)C(=O)N(C5CCC(=O)NC5=O)C7=O)CC4)cc3)C2)cc1Cl. The molecule has 3 aromatic rings. The van der Waals surface area contributed by atoms with Gasteiger partial charge in [0.15, 0.2) is 0 Å². The van der Waals surface area contributed by atoms with Crippen LogP contribution in [0.5, 0.6) is 5.75 Å². The zero-order chi connectivity index (χ0) is 35.4. The van der Waals surface area contributed by atoms with Gasteiger partial charge in [-0.2, -0.15) is 5.26 Å². The minimum absolute atomic E-state index is 0.0219. The van der Waals surface area contributed by atoms with E-state index in [0.29, 0.717) is 65.0 Å². The van der Waals surface area contributed by atoms with Crippen LogP contribution < -0.4 is 20.3 Å². The molecule has 5 amide bonds. The molecule has 2 N–H and O–H groups in total. The number of imide groups is 2. The Morgan fingerprint density at radius 3 is 2.18 bits per heavy atom. The second-order valence-corrected chi connectivity index (χ2v) is 14.3. The highest BCUT2D eigenvalue weighted by atomic mass is 35.5. The fraction of sp³-hybridized carbons (Fsp3) is 0.368. The Morgan fingerprint density at radius 1 is 0.902 bits per heavy atom. The van der Waals surface area contributed by atoms with Gasteiger partial charge in [-0.15, -0.1) is 0 Å². The predicted octanol–water partition coefficient (Wildman–Crippen LogP) is 3.94. The van der Waals surface area contributed by atoms with Gasteiger partial charge < -0.3 is 15.0 Å². The number of benzene rings is 3. The Bertz CT molecular complexity index is 1970. The van der Waals surface area contributed by atoms with Crippen LogP contribution in [0.15, 0.2) is 54.6 Å². The van der Waals surface area contributed by atoms with Crippen LogP contribution in [-0.2, 0) is 22.7 Å². The second-order valence-electron chi connectivity index (χ2n) is 13.9. The summed E-state index contributed by atoms with van der Waals surface area (Å²) >= 11 is 6.10. The highest BCUT2D eigenvalue weighted by Crippen LogP contribution is 2.36. The monoisotopic (exact) mass is 706 g/mol. The molecule has 51 heavy (non-hydrogen) atoms. The number of fused-ring (bicyclic) bond motifs is 2. The summed E-state index contributed by atoms with van der Waals surface area (Å²) in [7, 11) is 0. The molecule has 1 atom stereocenters. The molecule has 0 radical (unpaired) electrons. The number of anilines is 1. The van der Waals surface area contributed by atoms with Crippen molar-refractivity contribution in [1.29, 1.82) is 5.26 Å². The van der Waals surface area contributed by atoms with Crippen LogP contribution in [0, 0.1) is 11.3 Å². The third-order valence-electron chi connectivity index (χ3n) is 10.8. The van der Waals surface area contributed by atoms with Crippen molar-refractivity contribution in [2.45, 2.75) is 75.8 Å². The van der Waals surface area contributed by atoms with Gasteiger partial charge in [0.2, 0.25) is 11.8 Å². The number of ether oxygens (including phenoxy) is 1. The number of nitrogens with zero attached hydrogens (tertiary/aromatic N) is 4. The van der Waals surface area contributed by atoms with E-state index in [1.807, 2.05) is 42.5 Å². The van der Waals surface area contributed by atoms with Crippen LogP contribution in [-0.4, -0.2) is 76.7 Å². The number of nitriles is 1. The maximum absolute atomic E-state index is 13.3. The van der Waals surface area contributed by atoms with E-state index in [4.69, 9.17) is 21.6 Å². The van der Waals surface area contributed by atoms with Gasteiger partial charge in [-0.25, -0.2) is 0 Å². The number of halogens is 1. The van der Waals surface area contributed by atoms with E-state index in [1.165, 1.54) is 0 Å². The van der Waals surface area contributed by atoms with Crippen molar-refractivity contribution in [3.8, 4) is 11.8 Å². The highest BCUT2D eigenvalue weighted by Gasteiger charge is 2.45. The van der Waals surface area contributed by atoms with Gasteiger partial charge in [0.05, 0.1) is 21.7 Å². The maximum atomic E-state index is 13.3. The lowest BCUT2D eigenvalue weighted by Gasteiger charge is -2.38. The Labute approximate surface area is 299 Å². The summed E-state index contributed by atoms with van der Waals surface area (Å²) in [5.41, 5.74) is 4.79. The fourth-order valence-electron chi connectivity index (χ4n) is 7.87. The summed E-state index contributed by atoms with van der Waals surface area (Å²) in [4.78, 5) is 69.3. The summed E-state index contributed by atoms with van der Waals surface area (Å²) in [6, 6.07) is 17.8. The van der Waals surface area contributed by atoms with Gasteiger partial charge >= 0.3 is 0 Å². The van der Waals surface area contributed by atoms with Crippen molar-refractivity contribution in [2.75, 3.05) is 18.0 Å². The standard InChI is InChI=1S/C38H35ClN6O6/c39-32-17-28(6-3-22(32)18-40)51-29-15-25(16-29)41-35(47)21-1-4-26(5-2-21)43-11-9-27(10-12-43)44-19-23-13-30-31(14-24(23)20-44)38(50)45(37(30)49)33-7-8-34(46)42-36(33)48/h1-6,13-14,17,25,27,29,33H,7-12,15-16,19-20H2,(H,41,47)(H,42,46,48). The van der Waals surface area contributed by atoms with Gasteiger partial charge in [0, 0.05) is 74.8 Å². The van der Waals surface area contributed by atoms with Crippen LogP contribution in [0.1, 0.15) is 86.3 Å². The molecule has 4 aliphatic heterocycles. The first-order chi connectivity index (χ1) is 24.6. The lowest BCUT2D eigenvalue weighted by molar-refractivity contribution is -0.136. The molecule has 260 valence electrons. The van der Waals surface area contributed by atoms with Crippen LogP contribution in [0.25, 0.3) is 0 Å². The smallest absolute Gasteiger partial charge is 0.262 e. The normalized spacial score (nSPS) is 23.3. The first-order valence-electron chi connectivity index (χ1n) is 17.3. The predicted molar refractivity (Wildman–Crippen MR) is 185 cm³/mol. The molecule has 8 rings (SSSR count). The third kappa shape index (κ3) is 6.21. The molecule has 3 aromatic carbocycles. The quantitative estimate of drug-likeness (QED) is 0.348. The highest BCUT2D eigenvalue weighted by molar-refractivity contribution is 6.31. The number of rotatable bonds is 7. The van der Waals surface area contributed by atoms with Crippen molar-refractivity contribution in [3.63, 3.8) is 0 Å². The molecule has 2 saturated heterocycles. The van der Waals surface area contributed by atoms with E-state index in [2.05, 4.69) is 20.4 Å². The molecule has 12 nitrogen and oxygen atoms in total. The third-order valence-corrected chi connectivity index (χ3v) is 11.1.